The van der Waals surface area contributed by atoms with Crippen LogP contribution in [0.25, 0.3) is 6.08 Å². The number of rotatable bonds is 12. The van der Waals surface area contributed by atoms with Crippen molar-refractivity contribution in [2.24, 2.45) is 0 Å². The predicted octanol–water partition coefficient (Wildman–Crippen LogP) is 4.04. The average molecular weight is 665 g/mol. The molecule has 3 aromatic rings. The Labute approximate surface area is 273 Å². The van der Waals surface area contributed by atoms with E-state index in [1.54, 1.807) is 19.9 Å². The summed E-state index contributed by atoms with van der Waals surface area (Å²) < 4.78 is 16.5. The second-order valence-corrected chi connectivity index (χ2v) is 10.9. The van der Waals surface area contributed by atoms with Crippen LogP contribution in [0.2, 0.25) is 0 Å². The molecular formula is C34H32O14. The first-order chi connectivity index (χ1) is 22.7. The molecule has 0 amide bonds. The van der Waals surface area contributed by atoms with E-state index in [9.17, 15) is 54.9 Å². The number of carboxylic acids is 2. The van der Waals surface area contributed by atoms with E-state index in [0.717, 1.165) is 30.3 Å². The number of aliphatic carboxylic acids is 2. The van der Waals surface area contributed by atoms with Crippen LogP contribution in [0.4, 0.5) is 0 Å². The highest BCUT2D eigenvalue weighted by Gasteiger charge is 2.46. The van der Waals surface area contributed by atoms with Crippen molar-refractivity contribution in [2.45, 2.75) is 50.9 Å². The van der Waals surface area contributed by atoms with Gasteiger partial charge in [-0.3, -0.25) is 4.79 Å². The molecule has 48 heavy (non-hydrogen) atoms. The monoisotopic (exact) mass is 664 g/mol. The summed E-state index contributed by atoms with van der Waals surface area (Å²) in [5, 5.41) is 69.3. The summed E-state index contributed by atoms with van der Waals surface area (Å²) >= 11 is 0. The largest absolute Gasteiger partial charge is 0.504 e. The van der Waals surface area contributed by atoms with E-state index in [1.165, 1.54) is 30.3 Å². The van der Waals surface area contributed by atoms with Crippen LogP contribution in [-0.4, -0.2) is 71.8 Å². The van der Waals surface area contributed by atoms with E-state index in [2.05, 4.69) is 0 Å². The van der Waals surface area contributed by atoms with E-state index in [1.807, 2.05) is 0 Å². The first kappa shape index (κ1) is 34.7. The molecule has 1 aliphatic heterocycles. The van der Waals surface area contributed by atoms with Gasteiger partial charge in [0.1, 0.15) is 12.0 Å². The summed E-state index contributed by atoms with van der Waals surface area (Å²) in [7, 11) is 0. The second kappa shape index (κ2) is 14.5. The Balaban J connectivity index is 1.69. The summed E-state index contributed by atoms with van der Waals surface area (Å²) in [5.74, 6) is -9.13. The van der Waals surface area contributed by atoms with Gasteiger partial charge >= 0.3 is 23.9 Å². The molecule has 0 spiro atoms. The summed E-state index contributed by atoms with van der Waals surface area (Å²) in [6.07, 6.45) is -1.37. The zero-order valence-electron chi connectivity index (χ0n) is 25.6. The van der Waals surface area contributed by atoms with Crippen LogP contribution in [-0.2, 0) is 35.1 Å². The standard InChI is InChI=1S/C34H32O14/c1-3-16(2)12-25(32(41)42)47-34(45)29-28-18(5-10-22(37)31(28)48-30(29)19-6-9-21(36)24(39)15-19)7-11-27(40)46-26(33(43)44)14-17-4-8-20(35)23(38)13-17/h3-11,13,15,25-26,29-30,35-39H,12,14H2,1-2H3,(H,41,42)(H,43,44)/b11-7+,16-3+/t25-,26-,29+,30-/m1/s1. The molecule has 7 N–H and O–H groups in total. The molecule has 1 heterocycles. The van der Waals surface area contributed by atoms with Crippen LogP contribution in [0.1, 0.15) is 54.5 Å². The van der Waals surface area contributed by atoms with Gasteiger partial charge in [0.2, 0.25) is 12.2 Å². The predicted molar refractivity (Wildman–Crippen MR) is 166 cm³/mol. The van der Waals surface area contributed by atoms with Gasteiger partial charge in [-0.25, -0.2) is 14.4 Å². The van der Waals surface area contributed by atoms with Crippen LogP contribution in [0.15, 0.2) is 66.3 Å². The normalized spacial score (nSPS) is 16.8. The minimum absolute atomic E-state index is 0.0112. The van der Waals surface area contributed by atoms with Gasteiger partial charge in [-0.2, -0.15) is 0 Å². The molecule has 0 saturated carbocycles. The van der Waals surface area contributed by atoms with E-state index in [0.29, 0.717) is 5.57 Å². The fraction of sp³-hybridized carbons (Fsp3) is 0.235. The topological polar surface area (TPSA) is 238 Å². The van der Waals surface area contributed by atoms with Crippen molar-refractivity contribution in [3.05, 3.63) is 88.5 Å². The van der Waals surface area contributed by atoms with Crippen molar-refractivity contribution in [3.63, 3.8) is 0 Å². The zero-order valence-corrected chi connectivity index (χ0v) is 25.6. The number of hydrogen-bond donors (Lipinski definition) is 7. The van der Waals surface area contributed by atoms with Gasteiger partial charge in [-0.15, -0.1) is 0 Å². The summed E-state index contributed by atoms with van der Waals surface area (Å²) in [5.41, 5.74) is 1.13. The quantitative estimate of drug-likeness (QED) is 0.0626. The number of allylic oxidation sites excluding steroid dienone is 1. The van der Waals surface area contributed by atoms with E-state index in [-0.39, 0.29) is 40.8 Å². The maximum absolute atomic E-state index is 13.8. The Morgan fingerprint density at radius 1 is 0.812 bits per heavy atom. The first-order valence-electron chi connectivity index (χ1n) is 14.4. The second-order valence-electron chi connectivity index (χ2n) is 10.9. The van der Waals surface area contributed by atoms with Gasteiger partial charge in [0.25, 0.3) is 0 Å². The fourth-order valence-electron chi connectivity index (χ4n) is 4.99. The summed E-state index contributed by atoms with van der Waals surface area (Å²) in [6, 6.07) is 9.74. The molecule has 14 heteroatoms. The number of phenolic OH excluding ortho intramolecular Hbond substituents is 5. The molecule has 0 aromatic heterocycles. The van der Waals surface area contributed by atoms with Crippen LogP contribution in [0, 0.1) is 0 Å². The molecule has 0 saturated heterocycles. The van der Waals surface area contributed by atoms with Crippen molar-refractivity contribution < 1.29 is 69.1 Å². The van der Waals surface area contributed by atoms with Crippen LogP contribution >= 0.6 is 0 Å². The van der Waals surface area contributed by atoms with Gasteiger partial charge < -0.3 is 50.0 Å². The lowest BCUT2D eigenvalue weighted by Gasteiger charge is -2.22. The Morgan fingerprint density at radius 2 is 1.44 bits per heavy atom. The Bertz CT molecular complexity index is 1810. The molecule has 0 aliphatic carbocycles. The molecule has 3 aromatic carbocycles. The SMILES string of the molecule is C/C=C(\C)C[C@@H](OC(=O)[C@H]1c2c(/C=C/C(=O)O[C@H](Cc3ccc(O)c(O)c3)C(=O)O)ccc(O)c2O[C@@H]1c1ccc(O)c(O)c1)C(=O)O. The molecule has 0 unspecified atom stereocenters. The van der Waals surface area contributed by atoms with Gasteiger partial charge in [-0.05, 0) is 66.9 Å². The number of aromatic hydroxyl groups is 5. The Hall–Kier alpha value is -6.18. The highest BCUT2D eigenvalue weighted by molar-refractivity contribution is 5.92. The van der Waals surface area contributed by atoms with Crippen LogP contribution < -0.4 is 4.74 Å². The lowest BCUT2D eigenvalue weighted by molar-refractivity contribution is -0.166. The third-order valence-corrected chi connectivity index (χ3v) is 7.58. The summed E-state index contributed by atoms with van der Waals surface area (Å²) in [6.45, 7) is 3.34. The highest BCUT2D eigenvalue weighted by Crippen LogP contribution is 2.53. The number of carbonyl (C=O) groups excluding carboxylic acids is 2. The zero-order chi connectivity index (χ0) is 35.3. The minimum atomic E-state index is -1.69. The first-order valence-corrected chi connectivity index (χ1v) is 14.4. The third-order valence-electron chi connectivity index (χ3n) is 7.58. The minimum Gasteiger partial charge on any atom is -0.504 e. The summed E-state index contributed by atoms with van der Waals surface area (Å²) in [4.78, 5) is 50.4. The maximum Gasteiger partial charge on any atom is 0.345 e. The molecule has 0 fully saturated rings. The Kier molecular flexibility index (Phi) is 10.5. The van der Waals surface area contributed by atoms with Gasteiger partial charge in [0.05, 0.1) is 0 Å². The lowest BCUT2D eigenvalue weighted by atomic mass is 9.87. The molecule has 4 atom stereocenters. The highest BCUT2D eigenvalue weighted by atomic mass is 16.6. The molecule has 4 rings (SSSR count). The van der Waals surface area contributed by atoms with Gasteiger partial charge in [0.15, 0.2) is 34.5 Å². The van der Waals surface area contributed by atoms with E-state index >= 15 is 0 Å². The number of hydrogen-bond acceptors (Lipinski definition) is 12. The smallest absolute Gasteiger partial charge is 0.345 e. The lowest BCUT2D eigenvalue weighted by Crippen LogP contribution is -2.31. The molecule has 252 valence electrons. The molecule has 0 radical (unpaired) electrons. The number of benzene rings is 3. The van der Waals surface area contributed by atoms with Crippen LogP contribution in [0.3, 0.4) is 0 Å². The molecule has 1 aliphatic rings. The number of phenols is 5. The number of carboxylic acid groups (broad SMARTS) is 2. The van der Waals surface area contributed by atoms with Crippen molar-refractivity contribution in [1.29, 1.82) is 0 Å². The molecular weight excluding hydrogens is 632 g/mol. The van der Waals surface area contributed by atoms with Crippen molar-refractivity contribution in [3.8, 4) is 34.5 Å². The van der Waals surface area contributed by atoms with E-state index in [4.69, 9.17) is 14.2 Å². The number of carbonyl (C=O) groups is 4. The third kappa shape index (κ3) is 7.78. The van der Waals surface area contributed by atoms with Crippen LogP contribution in [0.5, 0.6) is 34.5 Å². The maximum atomic E-state index is 13.8. The number of fused-ring (bicyclic) bond motifs is 1. The molecule has 14 nitrogen and oxygen atoms in total. The average Bonchev–Trinajstić information content (AvgIpc) is 3.45. The molecule has 0 bridgehead atoms. The van der Waals surface area contributed by atoms with E-state index < -0.39 is 76.9 Å². The fourth-order valence-corrected chi connectivity index (χ4v) is 4.99. The number of esters is 2. The van der Waals surface area contributed by atoms with Gasteiger partial charge in [0, 0.05) is 24.5 Å². The number of ether oxygens (including phenoxy) is 3. The Morgan fingerprint density at radius 3 is 2.04 bits per heavy atom. The van der Waals surface area contributed by atoms with Crippen molar-refractivity contribution in [2.75, 3.05) is 0 Å². The van der Waals surface area contributed by atoms with Crippen molar-refractivity contribution >= 4 is 30.0 Å². The van der Waals surface area contributed by atoms with Gasteiger partial charge in [-0.1, -0.05) is 29.8 Å². The van der Waals surface area contributed by atoms with Crippen molar-refractivity contribution in [1.82, 2.24) is 0 Å².